The Kier molecular flexibility index (Phi) is 4.69. The van der Waals surface area contributed by atoms with Crippen LogP contribution in [-0.4, -0.2) is 15.0 Å². The van der Waals surface area contributed by atoms with Gasteiger partial charge in [0.25, 0.3) is 0 Å². The van der Waals surface area contributed by atoms with Crippen molar-refractivity contribution in [3.05, 3.63) is 125 Å². The molecular weight excluding hydrogens is 392 g/mol. The van der Waals surface area contributed by atoms with Crippen molar-refractivity contribution in [2.75, 3.05) is 5.32 Å². The maximum Gasteiger partial charge on any atom is 0.227 e. The van der Waals surface area contributed by atoms with Crippen molar-refractivity contribution < 1.29 is 0 Å². The van der Waals surface area contributed by atoms with Gasteiger partial charge in [0.2, 0.25) is 5.95 Å². The maximum absolute atomic E-state index is 6.46. The van der Waals surface area contributed by atoms with Crippen LogP contribution >= 0.6 is 11.6 Å². The number of rotatable bonds is 5. The molecule has 2 heterocycles. The summed E-state index contributed by atoms with van der Waals surface area (Å²) in [4.78, 5) is 12.4. The van der Waals surface area contributed by atoms with Gasteiger partial charge in [-0.25, -0.2) is 4.98 Å². The summed E-state index contributed by atoms with van der Waals surface area (Å²) in [5.74, 6) is 0.450. The van der Waals surface area contributed by atoms with Crippen LogP contribution in [0.4, 0.5) is 5.95 Å². The lowest BCUT2D eigenvalue weighted by molar-refractivity contribution is 0.701. The maximum atomic E-state index is 6.46. The van der Waals surface area contributed by atoms with Gasteiger partial charge in [-0.15, -0.1) is 0 Å². The van der Waals surface area contributed by atoms with E-state index >= 15 is 0 Å². The standard InChI is InChI=1S/C25H19ClN4/c26-22-21-16-17-27-23(21)29-24(28-22)30-25(18-10-4-1-5-11-18,19-12-6-2-7-13-19)20-14-8-3-9-15-20/h1-17H,(H2,27,28,29,30). The van der Waals surface area contributed by atoms with Crippen molar-refractivity contribution in [3.8, 4) is 0 Å². The lowest BCUT2D eigenvalue weighted by atomic mass is 9.77. The van der Waals surface area contributed by atoms with E-state index in [1.54, 1.807) is 0 Å². The van der Waals surface area contributed by atoms with E-state index in [0.717, 1.165) is 22.1 Å². The second-order valence-corrected chi connectivity index (χ2v) is 7.41. The van der Waals surface area contributed by atoms with Gasteiger partial charge in [-0.3, -0.25) is 0 Å². The molecule has 0 bridgehead atoms. The summed E-state index contributed by atoms with van der Waals surface area (Å²) in [5.41, 5.74) is 3.23. The third-order valence-electron chi connectivity index (χ3n) is 5.29. The van der Waals surface area contributed by atoms with Crippen LogP contribution in [0.25, 0.3) is 11.0 Å². The van der Waals surface area contributed by atoms with E-state index in [0.29, 0.717) is 16.7 Å². The summed E-state index contributed by atoms with van der Waals surface area (Å²) in [6, 6.07) is 32.8. The second kappa shape index (κ2) is 7.65. The van der Waals surface area contributed by atoms with E-state index in [9.17, 15) is 0 Å². The highest BCUT2D eigenvalue weighted by Gasteiger charge is 2.37. The van der Waals surface area contributed by atoms with Crippen LogP contribution in [0.5, 0.6) is 0 Å². The van der Waals surface area contributed by atoms with Gasteiger partial charge in [-0.2, -0.15) is 4.98 Å². The zero-order valence-corrected chi connectivity index (χ0v) is 16.8. The molecule has 3 aromatic carbocycles. The lowest BCUT2D eigenvalue weighted by Gasteiger charge is -2.36. The smallest absolute Gasteiger partial charge is 0.227 e. The molecule has 0 radical (unpaired) electrons. The normalized spacial score (nSPS) is 11.5. The third-order valence-corrected chi connectivity index (χ3v) is 5.58. The van der Waals surface area contributed by atoms with Gasteiger partial charge in [0.05, 0.1) is 5.39 Å². The van der Waals surface area contributed by atoms with Gasteiger partial charge in [0, 0.05) is 6.20 Å². The number of nitrogens with zero attached hydrogens (tertiary/aromatic N) is 2. The van der Waals surface area contributed by atoms with Crippen LogP contribution in [0.1, 0.15) is 16.7 Å². The van der Waals surface area contributed by atoms with Crippen molar-refractivity contribution in [3.63, 3.8) is 0 Å². The number of nitrogens with one attached hydrogen (secondary N) is 2. The van der Waals surface area contributed by atoms with Crippen molar-refractivity contribution in [2.24, 2.45) is 0 Å². The Labute approximate surface area is 179 Å². The first-order valence-corrected chi connectivity index (χ1v) is 10.1. The molecule has 0 spiro atoms. The van der Waals surface area contributed by atoms with Gasteiger partial charge in [0.15, 0.2) is 0 Å². The Balaban J connectivity index is 1.78. The summed E-state index contributed by atoms with van der Waals surface area (Å²) in [6.07, 6.45) is 1.81. The minimum Gasteiger partial charge on any atom is -0.346 e. The quantitative estimate of drug-likeness (QED) is 0.275. The SMILES string of the molecule is Clc1nc(NC(c2ccccc2)(c2ccccc2)c2ccccc2)nc2[nH]ccc12. The largest absolute Gasteiger partial charge is 0.346 e. The van der Waals surface area contributed by atoms with Gasteiger partial charge in [-0.05, 0) is 22.8 Å². The van der Waals surface area contributed by atoms with E-state index in [1.165, 1.54) is 0 Å². The zero-order chi connectivity index (χ0) is 20.4. The average molecular weight is 411 g/mol. The number of hydrogen-bond donors (Lipinski definition) is 2. The van der Waals surface area contributed by atoms with E-state index in [-0.39, 0.29) is 0 Å². The first-order valence-electron chi connectivity index (χ1n) is 9.73. The summed E-state index contributed by atoms with van der Waals surface area (Å²) in [7, 11) is 0. The Morgan fingerprint density at radius 3 is 1.67 bits per heavy atom. The molecule has 0 aliphatic heterocycles. The molecule has 0 aliphatic carbocycles. The lowest BCUT2D eigenvalue weighted by Crippen LogP contribution is -2.38. The number of H-pyrrole nitrogens is 1. The van der Waals surface area contributed by atoms with E-state index < -0.39 is 5.54 Å². The minimum atomic E-state index is -0.701. The molecule has 0 unspecified atom stereocenters. The molecule has 0 fully saturated rings. The summed E-state index contributed by atoms with van der Waals surface area (Å²) < 4.78 is 0. The van der Waals surface area contributed by atoms with Gasteiger partial charge >= 0.3 is 0 Å². The Bertz CT molecular complexity index is 1170. The molecule has 4 nitrogen and oxygen atoms in total. The Hall–Kier alpha value is -3.63. The number of fused-ring (bicyclic) bond motifs is 1. The molecular formula is C25H19ClN4. The van der Waals surface area contributed by atoms with Crippen molar-refractivity contribution in [1.82, 2.24) is 15.0 Å². The summed E-state index contributed by atoms with van der Waals surface area (Å²) in [6.45, 7) is 0. The summed E-state index contributed by atoms with van der Waals surface area (Å²) in [5, 5.41) is 4.84. The third kappa shape index (κ3) is 3.11. The van der Waals surface area contributed by atoms with Crippen LogP contribution < -0.4 is 5.32 Å². The van der Waals surface area contributed by atoms with Crippen LogP contribution in [0.3, 0.4) is 0 Å². The molecule has 0 saturated carbocycles. The van der Waals surface area contributed by atoms with Crippen molar-refractivity contribution in [1.29, 1.82) is 0 Å². The van der Waals surface area contributed by atoms with Crippen molar-refractivity contribution >= 4 is 28.6 Å². The molecule has 2 aromatic heterocycles. The monoisotopic (exact) mass is 410 g/mol. The number of aromatic amines is 1. The van der Waals surface area contributed by atoms with E-state index in [4.69, 9.17) is 16.6 Å². The number of anilines is 1. The molecule has 0 saturated heterocycles. The van der Waals surface area contributed by atoms with E-state index in [1.807, 2.05) is 66.9 Å². The van der Waals surface area contributed by atoms with Crippen LogP contribution in [-0.2, 0) is 5.54 Å². The van der Waals surface area contributed by atoms with Gasteiger partial charge in [0.1, 0.15) is 16.3 Å². The first kappa shape index (κ1) is 18.4. The molecule has 146 valence electrons. The topological polar surface area (TPSA) is 53.6 Å². The molecule has 0 aliphatic rings. The highest BCUT2D eigenvalue weighted by Crippen LogP contribution is 2.39. The van der Waals surface area contributed by atoms with Gasteiger partial charge in [-0.1, -0.05) is 103 Å². The predicted octanol–water partition coefficient (Wildman–Crippen LogP) is 6.02. The summed E-state index contributed by atoms with van der Waals surface area (Å²) >= 11 is 6.46. The molecule has 0 atom stereocenters. The number of aromatic nitrogens is 3. The molecule has 30 heavy (non-hydrogen) atoms. The molecule has 5 heteroatoms. The van der Waals surface area contributed by atoms with Crippen molar-refractivity contribution in [2.45, 2.75) is 5.54 Å². The van der Waals surface area contributed by atoms with Crippen LogP contribution in [0.2, 0.25) is 5.15 Å². The first-order chi connectivity index (χ1) is 14.8. The fourth-order valence-corrected chi connectivity index (χ4v) is 4.14. The Morgan fingerprint density at radius 2 is 1.17 bits per heavy atom. The van der Waals surface area contributed by atoms with E-state index in [2.05, 4.69) is 51.7 Å². The van der Waals surface area contributed by atoms with Crippen LogP contribution in [0, 0.1) is 0 Å². The zero-order valence-electron chi connectivity index (χ0n) is 16.1. The number of benzene rings is 3. The molecule has 2 N–H and O–H groups in total. The second-order valence-electron chi connectivity index (χ2n) is 7.05. The average Bonchev–Trinajstić information content (AvgIpc) is 3.29. The molecule has 5 rings (SSSR count). The van der Waals surface area contributed by atoms with Crippen LogP contribution in [0.15, 0.2) is 103 Å². The molecule has 0 amide bonds. The molecule has 5 aromatic rings. The highest BCUT2D eigenvalue weighted by molar-refractivity contribution is 6.34. The van der Waals surface area contributed by atoms with Gasteiger partial charge < -0.3 is 10.3 Å². The number of hydrogen-bond acceptors (Lipinski definition) is 3. The fourth-order valence-electron chi connectivity index (χ4n) is 3.91. The highest BCUT2D eigenvalue weighted by atomic mass is 35.5. The predicted molar refractivity (Wildman–Crippen MR) is 122 cm³/mol. The fraction of sp³-hybridized carbons (Fsp3) is 0.0400. The Morgan fingerprint density at radius 1 is 0.667 bits per heavy atom. The minimum absolute atomic E-state index is 0.409. The number of halogens is 1.